The number of hydrogen-bond donors (Lipinski definition) is 0. The maximum absolute atomic E-state index is 10.9. The van der Waals surface area contributed by atoms with Gasteiger partial charge in [0, 0.05) is 38.2 Å². The van der Waals surface area contributed by atoms with Crippen LogP contribution in [0.2, 0.25) is 0 Å². The minimum absolute atomic E-state index is 0.510. The second kappa shape index (κ2) is 11.9. The molecule has 3 heterocycles. The number of aromatic nitrogens is 5. The fourth-order valence-corrected chi connectivity index (χ4v) is 7.51. The summed E-state index contributed by atoms with van der Waals surface area (Å²) >= 11 is 0. The van der Waals surface area contributed by atoms with Crippen LogP contribution in [0, 0.1) is 11.3 Å². The van der Waals surface area contributed by atoms with E-state index in [2.05, 4.69) is 106 Å². The van der Waals surface area contributed by atoms with Crippen LogP contribution in [0.4, 0.5) is 0 Å². The number of rotatable bonds is 5. The lowest BCUT2D eigenvalue weighted by atomic mass is 10.0. The minimum atomic E-state index is 0.510. The Bertz CT molecular complexity index is 2860. The Kier molecular flexibility index (Phi) is 6.76. The van der Waals surface area contributed by atoms with Crippen molar-refractivity contribution in [1.29, 1.82) is 5.26 Å². The minimum Gasteiger partial charge on any atom is -0.308 e. The van der Waals surface area contributed by atoms with E-state index >= 15 is 0 Å². The topological polar surface area (TPSA) is 72.3 Å². The molecule has 3 aromatic heterocycles. The van der Waals surface area contributed by atoms with Crippen LogP contribution >= 0.6 is 0 Å². The van der Waals surface area contributed by atoms with E-state index in [1.807, 2.05) is 78.9 Å². The van der Waals surface area contributed by atoms with Crippen molar-refractivity contribution < 1.29 is 0 Å². The molecule has 6 heteroatoms. The Balaban J connectivity index is 1.36. The van der Waals surface area contributed by atoms with Crippen molar-refractivity contribution in [2.45, 2.75) is 0 Å². The average molecular weight is 665 g/mol. The fraction of sp³-hybridized carbons (Fsp3) is 0. The Labute approximate surface area is 299 Å². The van der Waals surface area contributed by atoms with Crippen molar-refractivity contribution in [3.63, 3.8) is 0 Å². The van der Waals surface area contributed by atoms with E-state index in [1.54, 1.807) is 0 Å². The number of nitrogens with zero attached hydrogens (tertiary/aromatic N) is 6. The van der Waals surface area contributed by atoms with Crippen molar-refractivity contribution in [2.75, 3.05) is 0 Å². The lowest BCUT2D eigenvalue weighted by Crippen LogP contribution is -2.07. The monoisotopic (exact) mass is 664 g/mol. The molecular weight excluding hydrogens is 637 g/mol. The molecule has 10 aromatic rings. The number of fused-ring (bicyclic) bond motifs is 6. The molecule has 0 aliphatic rings. The van der Waals surface area contributed by atoms with Gasteiger partial charge in [0.05, 0.1) is 39.0 Å². The van der Waals surface area contributed by atoms with Gasteiger partial charge < -0.3 is 9.13 Å². The molecule has 0 spiro atoms. The molecule has 0 aliphatic carbocycles. The van der Waals surface area contributed by atoms with E-state index < -0.39 is 0 Å². The summed E-state index contributed by atoms with van der Waals surface area (Å²) in [6.45, 7) is 0. The highest BCUT2D eigenvalue weighted by molar-refractivity contribution is 6.11. The molecule has 7 aromatic carbocycles. The molecule has 0 unspecified atom stereocenters. The Morgan fingerprint density at radius 2 is 0.750 bits per heavy atom. The Hall–Kier alpha value is -7.36. The summed E-state index contributed by atoms with van der Waals surface area (Å²) in [4.78, 5) is 15.4. The van der Waals surface area contributed by atoms with Gasteiger partial charge in [-0.1, -0.05) is 133 Å². The molecule has 0 bridgehead atoms. The molecule has 0 saturated heterocycles. The van der Waals surface area contributed by atoms with Crippen LogP contribution in [0.5, 0.6) is 0 Å². The summed E-state index contributed by atoms with van der Waals surface area (Å²) in [5.41, 5.74) is 8.73. The maximum atomic E-state index is 10.9. The molecule has 0 fully saturated rings. The first-order valence-corrected chi connectivity index (χ1v) is 17.2. The molecule has 0 radical (unpaired) electrons. The van der Waals surface area contributed by atoms with E-state index in [1.165, 1.54) is 0 Å². The highest BCUT2D eigenvalue weighted by Crippen LogP contribution is 2.40. The van der Waals surface area contributed by atoms with Crippen molar-refractivity contribution >= 4 is 43.6 Å². The Morgan fingerprint density at radius 1 is 0.385 bits per heavy atom. The van der Waals surface area contributed by atoms with Crippen LogP contribution in [0.25, 0.3) is 89.2 Å². The molecule has 6 nitrogen and oxygen atoms in total. The maximum Gasteiger partial charge on any atom is 0.166 e. The highest BCUT2D eigenvalue weighted by Gasteiger charge is 2.23. The van der Waals surface area contributed by atoms with Crippen molar-refractivity contribution in [3.05, 3.63) is 175 Å². The van der Waals surface area contributed by atoms with Crippen LogP contribution in [0.15, 0.2) is 170 Å². The number of benzene rings is 7. The van der Waals surface area contributed by atoms with Crippen LogP contribution in [0.3, 0.4) is 0 Å². The first-order chi connectivity index (χ1) is 25.8. The van der Waals surface area contributed by atoms with Crippen LogP contribution in [-0.2, 0) is 0 Å². The zero-order chi connectivity index (χ0) is 34.6. The van der Waals surface area contributed by atoms with Gasteiger partial charge in [-0.3, -0.25) is 0 Å². The predicted octanol–water partition coefficient (Wildman–Crippen LogP) is 10.9. The summed E-state index contributed by atoms with van der Waals surface area (Å²) in [7, 11) is 0. The van der Waals surface area contributed by atoms with Gasteiger partial charge in [-0.15, -0.1) is 0 Å². The fourth-order valence-electron chi connectivity index (χ4n) is 7.51. The van der Waals surface area contributed by atoms with Crippen molar-refractivity contribution in [2.24, 2.45) is 0 Å². The normalized spacial score (nSPS) is 11.4. The van der Waals surface area contributed by atoms with E-state index in [-0.39, 0.29) is 0 Å². The van der Waals surface area contributed by atoms with Gasteiger partial charge in [-0.05, 0) is 36.4 Å². The molecule has 0 saturated carbocycles. The van der Waals surface area contributed by atoms with Gasteiger partial charge >= 0.3 is 0 Å². The van der Waals surface area contributed by atoms with Crippen LogP contribution < -0.4 is 0 Å². The molecule has 242 valence electrons. The zero-order valence-corrected chi connectivity index (χ0v) is 27.8. The Morgan fingerprint density at radius 3 is 1.17 bits per heavy atom. The van der Waals surface area contributed by atoms with Gasteiger partial charge in [0.25, 0.3) is 0 Å². The van der Waals surface area contributed by atoms with Gasteiger partial charge in [-0.2, -0.15) is 5.26 Å². The molecule has 0 aliphatic heterocycles. The first-order valence-electron chi connectivity index (χ1n) is 17.2. The van der Waals surface area contributed by atoms with Gasteiger partial charge in [-0.25, -0.2) is 15.0 Å². The lowest BCUT2D eigenvalue weighted by molar-refractivity contribution is 1.06. The molecule has 10 rings (SSSR count). The van der Waals surface area contributed by atoms with Crippen LogP contribution in [-0.4, -0.2) is 24.1 Å². The van der Waals surface area contributed by atoms with E-state index in [0.717, 1.165) is 71.7 Å². The third kappa shape index (κ3) is 4.61. The standard InChI is InChI=1S/C46H28N6/c47-29-32-27-43(52-40-25-13-9-21-35(40)36-22-10-14-26-41(36)52)37(28-42(32)51-38-23-11-7-19-33(38)34-20-8-12-24-39(34)51)46-49-44(30-15-3-1-4-16-30)48-45(50-46)31-17-5-2-6-18-31/h1-28H. The van der Waals surface area contributed by atoms with E-state index in [0.29, 0.717) is 23.0 Å². The van der Waals surface area contributed by atoms with Crippen molar-refractivity contribution in [1.82, 2.24) is 24.1 Å². The molecule has 0 atom stereocenters. The summed E-state index contributed by atoms with van der Waals surface area (Å²) in [5, 5.41) is 15.4. The molecule has 0 amide bonds. The third-order valence-electron chi connectivity index (χ3n) is 9.82. The first kappa shape index (κ1) is 29.5. The van der Waals surface area contributed by atoms with Crippen molar-refractivity contribution in [3.8, 4) is 51.6 Å². The third-order valence-corrected chi connectivity index (χ3v) is 9.82. The SMILES string of the molecule is N#Cc1cc(-n2c3ccccc3c3ccccc32)c(-c2nc(-c3ccccc3)nc(-c3ccccc3)n2)cc1-n1c2ccccc2c2ccccc21. The zero-order valence-electron chi connectivity index (χ0n) is 27.8. The largest absolute Gasteiger partial charge is 0.308 e. The average Bonchev–Trinajstić information content (AvgIpc) is 3.74. The van der Waals surface area contributed by atoms with Crippen LogP contribution in [0.1, 0.15) is 5.56 Å². The second-order valence-corrected chi connectivity index (χ2v) is 12.8. The highest BCUT2D eigenvalue weighted by atomic mass is 15.1. The van der Waals surface area contributed by atoms with Gasteiger partial charge in [0.2, 0.25) is 0 Å². The predicted molar refractivity (Wildman–Crippen MR) is 210 cm³/mol. The number of nitriles is 1. The van der Waals surface area contributed by atoms with E-state index in [9.17, 15) is 5.26 Å². The van der Waals surface area contributed by atoms with E-state index in [4.69, 9.17) is 15.0 Å². The van der Waals surface area contributed by atoms with Gasteiger partial charge in [0.15, 0.2) is 17.5 Å². The van der Waals surface area contributed by atoms with Gasteiger partial charge in [0.1, 0.15) is 6.07 Å². The summed E-state index contributed by atoms with van der Waals surface area (Å²) < 4.78 is 4.43. The molecular formula is C46H28N6. The lowest BCUT2D eigenvalue weighted by Gasteiger charge is -2.18. The molecule has 52 heavy (non-hydrogen) atoms. The summed E-state index contributed by atoms with van der Waals surface area (Å²) in [6.07, 6.45) is 0. The number of hydrogen-bond acceptors (Lipinski definition) is 4. The second-order valence-electron chi connectivity index (χ2n) is 12.8. The smallest absolute Gasteiger partial charge is 0.166 e. The number of para-hydroxylation sites is 4. The molecule has 0 N–H and O–H groups in total. The quantitative estimate of drug-likeness (QED) is 0.184. The summed E-state index contributed by atoms with van der Waals surface area (Å²) in [5.74, 6) is 1.65. The summed E-state index contributed by atoms with van der Waals surface area (Å²) in [6, 6.07) is 60.2.